The van der Waals surface area contributed by atoms with Crippen molar-refractivity contribution in [3.63, 3.8) is 0 Å². The number of ether oxygens (including phenoxy) is 4. The van der Waals surface area contributed by atoms with E-state index in [4.69, 9.17) is 23.9 Å². The summed E-state index contributed by atoms with van der Waals surface area (Å²) in [7, 11) is 0. The second-order valence-electron chi connectivity index (χ2n) is 10.4. The maximum Gasteiger partial charge on any atom is 0.134 e. The minimum Gasteiger partial charge on any atom is -0.493 e. The Hall–Kier alpha value is -4.42. The van der Waals surface area contributed by atoms with Crippen molar-refractivity contribution in [3.8, 4) is 28.4 Å². The van der Waals surface area contributed by atoms with Gasteiger partial charge in [-0.2, -0.15) is 0 Å². The van der Waals surface area contributed by atoms with Gasteiger partial charge in [0.15, 0.2) is 0 Å². The molecule has 1 aliphatic heterocycles. The van der Waals surface area contributed by atoms with Crippen molar-refractivity contribution in [1.82, 2.24) is 9.97 Å². The molecule has 3 heterocycles. The van der Waals surface area contributed by atoms with Crippen LogP contribution in [0.3, 0.4) is 0 Å². The Morgan fingerprint density at radius 3 is 2.41 bits per heavy atom. The molecule has 3 aromatic carbocycles. The predicted molar refractivity (Wildman–Crippen MR) is 160 cm³/mol. The van der Waals surface area contributed by atoms with Gasteiger partial charge in [0.25, 0.3) is 0 Å². The van der Waals surface area contributed by atoms with Crippen LogP contribution in [0, 0.1) is 12.8 Å². The highest BCUT2D eigenvalue weighted by Gasteiger charge is 2.17. The summed E-state index contributed by atoms with van der Waals surface area (Å²) < 4.78 is 24.3. The van der Waals surface area contributed by atoms with Crippen molar-refractivity contribution in [2.75, 3.05) is 19.8 Å². The van der Waals surface area contributed by atoms with Crippen LogP contribution in [0.1, 0.15) is 29.7 Å². The van der Waals surface area contributed by atoms with Crippen molar-refractivity contribution < 1.29 is 18.9 Å². The fourth-order valence-corrected chi connectivity index (χ4v) is 5.08. The lowest BCUT2D eigenvalue weighted by Gasteiger charge is -2.22. The van der Waals surface area contributed by atoms with E-state index in [1.165, 1.54) is 0 Å². The van der Waals surface area contributed by atoms with Crippen LogP contribution < -0.4 is 14.2 Å². The van der Waals surface area contributed by atoms with E-state index in [1.54, 1.807) is 6.20 Å². The average Bonchev–Trinajstić information content (AvgIpc) is 3.04. The molecule has 0 radical (unpaired) electrons. The summed E-state index contributed by atoms with van der Waals surface area (Å²) in [6, 6.07) is 28.3. The van der Waals surface area contributed by atoms with Crippen molar-refractivity contribution in [2.45, 2.75) is 33.0 Å². The highest BCUT2D eigenvalue weighted by molar-refractivity contribution is 5.90. The molecule has 0 bridgehead atoms. The number of pyridine rings is 2. The first-order valence-corrected chi connectivity index (χ1v) is 14.2. The van der Waals surface area contributed by atoms with E-state index >= 15 is 0 Å². The van der Waals surface area contributed by atoms with E-state index in [0.29, 0.717) is 25.7 Å². The van der Waals surface area contributed by atoms with Gasteiger partial charge in [-0.1, -0.05) is 48.5 Å². The van der Waals surface area contributed by atoms with Crippen molar-refractivity contribution in [1.29, 1.82) is 0 Å². The summed E-state index contributed by atoms with van der Waals surface area (Å²) in [5.74, 6) is 2.91. The fraction of sp³-hybridized carbons (Fsp3) is 0.257. The van der Waals surface area contributed by atoms with Gasteiger partial charge in [-0.05, 0) is 67.1 Å². The number of fused-ring (bicyclic) bond motifs is 1. The molecule has 0 aliphatic carbocycles. The zero-order valence-corrected chi connectivity index (χ0v) is 23.3. The van der Waals surface area contributed by atoms with Crippen LogP contribution in [0.2, 0.25) is 0 Å². The molecule has 1 fully saturated rings. The molecule has 0 unspecified atom stereocenters. The third kappa shape index (κ3) is 6.67. The van der Waals surface area contributed by atoms with E-state index in [2.05, 4.69) is 42.2 Å². The van der Waals surface area contributed by atoms with Gasteiger partial charge < -0.3 is 18.9 Å². The second-order valence-corrected chi connectivity index (χ2v) is 10.4. The largest absolute Gasteiger partial charge is 0.493 e. The van der Waals surface area contributed by atoms with Gasteiger partial charge in [0.05, 0.1) is 17.8 Å². The maximum atomic E-state index is 6.49. The summed E-state index contributed by atoms with van der Waals surface area (Å²) >= 11 is 0. The van der Waals surface area contributed by atoms with Crippen LogP contribution >= 0.6 is 0 Å². The van der Waals surface area contributed by atoms with Gasteiger partial charge in [0.1, 0.15) is 30.5 Å². The average molecular weight is 547 g/mol. The van der Waals surface area contributed by atoms with Gasteiger partial charge in [0, 0.05) is 48.2 Å². The van der Waals surface area contributed by atoms with Crippen LogP contribution in [0.15, 0.2) is 97.3 Å². The van der Waals surface area contributed by atoms with E-state index < -0.39 is 0 Å². The fourth-order valence-electron chi connectivity index (χ4n) is 5.08. The van der Waals surface area contributed by atoms with E-state index in [-0.39, 0.29) is 0 Å². The standard InChI is InChI=1S/C35H34N2O4/c1-25-34(24-40-31-11-5-10-30(20-31)39-22-27-14-17-38-18-15-27)37-33-13-12-28(29-9-6-16-36-21-29)19-32(33)35(25)41-23-26-7-3-2-4-8-26/h2-13,16,19-21,27H,14-15,17-18,22-24H2,1H3. The minimum absolute atomic E-state index is 0.317. The highest BCUT2D eigenvalue weighted by atomic mass is 16.5. The summed E-state index contributed by atoms with van der Waals surface area (Å²) in [5.41, 5.74) is 5.88. The van der Waals surface area contributed by atoms with Gasteiger partial charge in [-0.3, -0.25) is 4.98 Å². The Kier molecular flexibility index (Phi) is 8.38. The van der Waals surface area contributed by atoms with Gasteiger partial charge in [0.2, 0.25) is 0 Å². The second kappa shape index (κ2) is 12.8. The topological polar surface area (TPSA) is 62.7 Å². The SMILES string of the molecule is Cc1c(COc2cccc(OCC3CCOCC3)c2)nc2ccc(-c3cccnc3)cc2c1OCc1ccccc1. The monoisotopic (exact) mass is 546 g/mol. The summed E-state index contributed by atoms with van der Waals surface area (Å²) in [6.07, 6.45) is 5.74. The van der Waals surface area contributed by atoms with Gasteiger partial charge in [-0.15, -0.1) is 0 Å². The lowest BCUT2D eigenvalue weighted by atomic mass is 10.0. The first kappa shape index (κ1) is 26.8. The van der Waals surface area contributed by atoms with Gasteiger partial charge >= 0.3 is 0 Å². The molecule has 6 heteroatoms. The Morgan fingerprint density at radius 1 is 0.780 bits per heavy atom. The third-order valence-electron chi connectivity index (χ3n) is 7.50. The molecule has 2 aromatic heterocycles. The van der Waals surface area contributed by atoms with Crippen LogP contribution in [0.25, 0.3) is 22.0 Å². The smallest absolute Gasteiger partial charge is 0.134 e. The Balaban J connectivity index is 1.24. The molecular formula is C35H34N2O4. The lowest BCUT2D eigenvalue weighted by molar-refractivity contribution is 0.0497. The molecule has 0 atom stereocenters. The van der Waals surface area contributed by atoms with Crippen molar-refractivity contribution in [3.05, 3.63) is 114 Å². The maximum absolute atomic E-state index is 6.49. The first-order valence-electron chi connectivity index (χ1n) is 14.2. The molecule has 6 nitrogen and oxygen atoms in total. The molecule has 5 aromatic rings. The van der Waals surface area contributed by atoms with Crippen LogP contribution in [-0.2, 0) is 18.0 Å². The Labute approximate surface area is 240 Å². The van der Waals surface area contributed by atoms with Crippen LogP contribution in [0.5, 0.6) is 17.2 Å². The molecule has 0 N–H and O–H groups in total. The van der Waals surface area contributed by atoms with E-state index in [0.717, 1.165) is 82.2 Å². The Bertz CT molecular complexity index is 1590. The molecule has 0 spiro atoms. The summed E-state index contributed by atoms with van der Waals surface area (Å²) in [4.78, 5) is 9.28. The van der Waals surface area contributed by atoms with E-state index in [9.17, 15) is 0 Å². The van der Waals surface area contributed by atoms with Crippen molar-refractivity contribution >= 4 is 10.9 Å². The summed E-state index contributed by atoms with van der Waals surface area (Å²) in [5, 5.41) is 0.965. The zero-order valence-electron chi connectivity index (χ0n) is 23.3. The number of nitrogens with zero attached hydrogens (tertiary/aromatic N) is 2. The predicted octanol–water partition coefficient (Wildman–Crippen LogP) is 7.57. The number of hydrogen-bond acceptors (Lipinski definition) is 6. The highest BCUT2D eigenvalue weighted by Crippen LogP contribution is 2.35. The molecule has 1 saturated heterocycles. The third-order valence-corrected chi connectivity index (χ3v) is 7.50. The molecule has 208 valence electrons. The Morgan fingerprint density at radius 2 is 1.61 bits per heavy atom. The first-order chi connectivity index (χ1) is 20.2. The normalized spacial score (nSPS) is 13.7. The number of rotatable bonds is 10. The molecule has 41 heavy (non-hydrogen) atoms. The van der Waals surface area contributed by atoms with Crippen LogP contribution in [-0.4, -0.2) is 29.8 Å². The van der Waals surface area contributed by atoms with Crippen molar-refractivity contribution in [2.24, 2.45) is 5.92 Å². The number of hydrogen-bond donors (Lipinski definition) is 0. The molecular weight excluding hydrogens is 512 g/mol. The van der Waals surface area contributed by atoms with E-state index in [1.807, 2.05) is 60.8 Å². The molecule has 0 amide bonds. The zero-order chi connectivity index (χ0) is 27.9. The molecule has 6 rings (SSSR count). The molecule has 0 saturated carbocycles. The van der Waals surface area contributed by atoms with Crippen LogP contribution in [0.4, 0.5) is 0 Å². The summed E-state index contributed by atoms with van der Waals surface area (Å²) in [6.45, 7) is 5.16. The van der Waals surface area contributed by atoms with Gasteiger partial charge in [-0.25, -0.2) is 4.98 Å². The molecule has 1 aliphatic rings. The number of aromatic nitrogens is 2. The quantitative estimate of drug-likeness (QED) is 0.180. The number of benzene rings is 3. The lowest BCUT2D eigenvalue weighted by Crippen LogP contribution is -2.21. The minimum atomic E-state index is 0.317.